The lowest BCUT2D eigenvalue weighted by atomic mass is 9.93. The summed E-state index contributed by atoms with van der Waals surface area (Å²) in [7, 11) is 0. The topological polar surface area (TPSA) is 70.6 Å². The number of aliphatic hydroxyl groups excluding tert-OH is 1. The molecular weight excluding hydrogens is 433 g/mol. The standard InChI is InChI=1S/C18H25N3OS.HI/c1-14(22)12-16(15-6-3-2-4-7-15)13-21-18(19)20-10-9-17-8-5-11-23-17;/h2-8,11,14,16,22H,9-10,12-13H2,1H3,(H3,19,20,21);1H. The Hall–Kier alpha value is -1.12. The first kappa shape index (κ1) is 20.9. The summed E-state index contributed by atoms with van der Waals surface area (Å²) in [6.45, 7) is 3.16. The lowest BCUT2D eigenvalue weighted by Gasteiger charge is -2.17. The van der Waals surface area contributed by atoms with Gasteiger partial charge in [0.05, 0.1) is 6.10 Å². The Morgan fingerprint density at radius 1 is 1.25 bits per heavy atom. The summed E-state index contributed by atoms with van der Waals surface area (Å²) >= 11 is 1.75. The first-order chi connectivity index (χ1) is 11.1. The molecule has 0 amide bonds. The van der Waals surface area contributed by atoms with E-state index in [-0.39, 0.29) is 36.0 Å². The third kappa shape index (κ3) is 7.63. The van der Waals surface area contributed by atoms with Crippen LogP contribution >= 0.6 is 35.3 Å². The van der Waals surface area contributed by atoms with Gasteiger partial charge in [0.2, 0.25) is 0 Å². The fourth-order valence-corrected chi connectivity index (χ4v) is 3.20. The maximum absolute atomic E-state index is 9.70. The second kappa shape index (κ2) is 11.4. The molecule has 132 valence electrons. The smallest absolute Gasteiger partial charge is 0.188 e. The van der Waals surface area contributed by atoms with Crippen molar-refractivity contribution in [3.63, 3.8) is 0 Å². The first-order valence-electron chi connectivity index (χ1n) is 7.94. The molecule has 6 heteroatoms. The van der Waals surface area contributed by atoms with Crippen molar-refractivity contribution >= 4 is 41.3 Å². The highest BCUT2D eigenvalue weighted by Gasteiger charge is 2.13. The average Bonchev–Trinajstić information content (AvgIpc) is 3.05. The van der Waals surface area contributed by atoms with E-state index in [9.17, 15) is 5.11 Å². The molecule has 2 aromatic rings. The van der Waals surface area contributed by atoms with Gasteiger partial charge in [-0.3, -0.25) is 4.99 Å². The highest BCUT2D eigenvalue weighted by molar-refractivity contribution is 14.0. The minimum absolute atomic E-state index is 0. The van der Waals surface area contributed by atoms with Crippen LogP contribution in [0.2, 0.25) is 0 Å². The molecule has 0 saturated heterocycles. The summed E-state index contributed by atoms with van der Waals surface area (Å²) in [5.41, 5.74) is 7.13. The molecule has 0 fully saturated rings. The van der Waals surface area contributed by atoms with Gasteiger partial charge in [0.1, 0.15) is 0 Å². The predicted octanol–water partition coefficient (Wildman–Crippen LogP) is 3.37. The van der Waals surface area contributed by atoms with Gasteiger partial charge in [-0.25, -0.2) is 0 Å². The number of guanidine groups is 1. The minimum Gasteiger partial charge on any atom is -0.393 e. The number of benzene rings is 1. The number of thiophene rings is 1. The SMILES string of the molecule is CC(O)CC(CN=C(N)NCCc1cccs1)c1ccccc1.I. The number of aliphatic imine (C=N–C) groups is 1. The molecule has 0 aliphatic carbocycles. The summed E-state index contributed by atoms with van der Waals surface area (Å²) < 4.78 is 0. The zero-order valence-corrected chi connectivity index (χ0v) is 17.0. The van der Waals surface area contributed by atoms with E-state index < -0.39 is 0 Å². The number of hydrogen-bond acceptors (Lipinski definition) is 3. The fraction of sp³-hybridized carbons (Fsp3) is 0.389. The second-order valence-corrected chi connectivity index (χ2v) is 6.71. The molecule has 0 bridgehead atoms. The van der Waals surface area contributed by atoms with Gasteiger partial charge in [-0.1, -0.05) is 36.4 Å². The Balaban J connectivity index is 0.00000288. The van der Waals surface area contributed by atoms with Crippen LogP contribution in [0.15, 0.2) is 52.8 Å². The monoisotopic (exact) mass is 459 g/mol. The molecule has 0 aliphatic heterocycles. The quantitative estimate of drug-likeness (QED) is 0.322. The molecule has 0 spiro atoms. The summed E-state index contributed by atoms with van der Waals surface area (Å²) in [6.07, 6.45) is 1.27. The van der Waals surface area contributed by atoms with Gasteiger partial charge in [0.15, 0.2) is 5.96 Å². The van der Waals surface area contributed by atoms with E-state index in [0.29, 0.717) is 18.9 Å². The van der Waals surface area contributed by atoms with Crippen molar-refractivity contribution in [2.45, 2.75) is 31.8 Å². The van der Waals surface area contributed by atoms with Gasteiger partial charge in [-0.2, -0.15) is 0 Å². The number of halogens is 1. The Morgan fingerprint density at radius 3 is 2.62 bits per heavy atom. The van der Waals surface area contributed by atoms with Crippen LogP contribution in [0.3, 0.4) is 0 Å². The van der Waals surface area contributed by atoms with Gasteiger partial charge in [-0.05, 0) is 36.8 Å². The molecule has 1 aromatic heterocycles. The summed E-state index contributed by atoms with van der Waals surface area (Å²) in [6, 6.07) is 14.3. The van der Waals surface area contributed by atoms with E-state index in [1.165, 1.54) is 10.4 Å². The van der Waals surface area contributed by atoms with Gasteiger partial charge >= 0.3 is 0 Å². The fourth-order valence-electron chi connectivity index (χ4n) is 2.49. The number of rotatable bonds is 8. The van der Waals surface area contributed by atoms with Crippen LogP contribution in [0.25, 0.3) is 0 Å². The molecule has 1 aromatic carbocycles. The van der Waals surface area contributed by atoms with Crippen LogP contribution < -0.4 is 11.1 Å². The van der Waals surface area contributed by atoms with Crippen LogP contribution in [0.1, 0.15) is 29.7 Å². The maximum Gasteiger partial charge on any atom is 0.188 e. The normalized spacial score (nSPS) is 13.8. The van der Waals surface area contributed by atoms with Crippen molar-refractivity contribution < 1.29 is 5.11 Å². The van der Waals surface area contributed by atoms with Crippen molar-refractivity contribution in [3.8, 4) is 0 Å². The number of hydrogen-bond donors (Lipinski definition) is 3. The number of nitrogens with two attached hydrogens (primary N) is 1. The Kier molecular flexibility index (Phi) is 9.97. The van der Waals surface area contributed by atoms with Crippen molar-refractivity contribution in [2.24, 2.45) is 10.7 Å². The molecule has 1 heterocycles. The molecule has 0 radical (unpaired) electrons. The largest absolute Gasteiger partial charge is 0.393 e. The zero-order valence-electron chi connectivity index (χ0n) is 13.9. The highest BCUT2D eigenvalue weighted by atomic mass is 127. The third-order valence-electron chi connectivity index (χ3n) is 3.64. The van der Waals surface area contributed by atoms with Crippen molar-refractivity contribution in [3.05, 3.63) is 58.3 Å². The molecule has 0 aliphatic rings. The molecule has 4 nitrogen and oxygen atoms in total. The molecule has 2 rings (SSSR count). The minimum atomic E-state index is -0.358. The Labute approximate surface area is 165 Å². The van der Waals surface area contributed by atoms with Crippen molar-refractivity contribution in [2.75, 3.05) is 13.1 Å². The Bertz CT molecular complexity index is 588. The van der Waals surface area contributed by atoms with E-state index in [1.807, 2.05) is 25.1 Å². The molecule has 0 saturated carbocycles. The maximum atomic E-state index is 9.70. The van der Waals surface area contributed by atoms with Crippen LogP contribution in [-0.2, 0) is 6.42 Å². The molecular formula is C18H26IN3OS. The van der Waals surface area contributed by atoms with Crippen LogP contribution in [0.4, 0.5) is 0 Å². The van der Waals surface area contributed by atoms with Gasteiger partial charge in [-0.15, -0.1) is 35.3 Å². The van der Waals surface area contributed by atoms with Gasteiger partial charge < -0.3 is 16.2 Å². The highest BCUT2D eigenvalue weighted by Crippen LogP contribution is 2.21. The molecule has 2 unspecified atom stereocenters. The predicted molar refractivity (Wildman–Crippen MR) is 113 cm³/mol. The van der Waals surface area contributed by atoms with Gasteiger partial charge in [0.25, 0.3) is 0 Å². The van der Waals surface area contributed by atoms with E-state index in [2.05, 4.69) is 40.0 Å². The van der Waals surface area contributed by atoms with E-state index in [0.717, 1.165) is 13.0 Å². The van der Waals surface area contributed by atoms with Crippen molar-refractivity contribution in [1.82, 2.24) is 5.32 Å². The van der Waals surface area contributed by atoms with Crippen LogP contribution in [-0.4, -0.2) is 30.3 Å². The zero-order chi connectivity index (χ0) is 16.5. The van der Waals surface area contributed by atoms with Gasteiger partial charge in [0, 0.05) is 23.9 Å². The lowest BCUT2D eigenvalue weighted by Crippen LogP contribution is -2.33. The number of nitrogens with zero attached hydrogens (tertiary/aromatic N) is 1. The number of aliphatic hydroxyl groups is 1. The summed E-state index contributed by atoms with van der Waals surface area (Å²) in [5, 5.41) is 14.9. The molecule has 24 heavy (non-hydrogen) atoms. The lowest BCUT2D eigenvalue weighted by molar-refractivity contribution is 0.175. The van der Waals surface area contributed by atoms with E-state index >= 15 is 0 Å². The summed E-state index contributed by atoms with van der Waals surface area (Å²) in [4.78, 5) is 5.78. The average molecular weight is 459 g/mol. The first-order valence-corrected chi connectivity index (χ1v) is 8.82. The van der Waals surface area contributed by atoms with Crippen LogP contribution in [0.5, 0.6) is 0 Å². The van der Waals surface area contributed by atoms with Crippen LogP contribution in [0, 0.1) is 0 Å². The molecule has 2 atom stereocenters. The van der Waals surface area contributed by atoms with E-state index in [4.69, 9.17) is 5.73 Å². The molecule has 4 N–H and O–H groups in total. The van der Waals surface area contributed by atoms with E-state index in [1.54, 1.807) is 11.3 Å². The third-order valence-corrected chi connectivity index (χ3v) is 4.57. The second-order valence-electron chi connectivity index (χ2n) is 5.67. The Morgan fingerprint density at radius 2 is 2.00 bits per heavy atom. The summed E-state index contributed by atoms with van der Waals surface area (Å²) in [5.74, 6) is 0.641. The number of nitrogens with one attached hydrogen (secondary N) is 1. The van der Waals surface area contributed by atoms with Crippen molar-refractivity contribution in [1.29, 1.82) is 0 Å².